The van der Waals surface area contributed by atoms with Gasteiger partial charge >= 0.3 is 0 Å². The van der Waals surface area contributed by atoms with E-state index in [9.17, 15) is 0 Å². The molecule has 9 aromatic carbocycles. The van der Waals surface area contributed by atoms with Crippen molar-refractivity contribution in [2.24, 2.45) is 0 Å². The van der Waals surface area contributed by atoms with Crippen LogP contribution in [0.25, 0.3) is 87.6 Å². The molecule has 1 aliphatic rings. The van der Waals surface area contributed by atoms with Crippen molar-refractivity contribution >= 4 is 65.6 Å². The number of para-hydroxylation sites is 2. The number of nitrogens with zero attached hydrogens (tertiary/aromatic N) is 1. The zero-order valence-corrected chi connectivity index (χ0v) is 28.5. The van der Waals surface area contributed by atoms with Gasteiger partial charge in [-0.15, -0.1) is 0 Å². The molecule has 0 spiro atoms. The van der Waals surface area contributed by atoms with Crippen molar-refractivity contribution in [2.45, 2.75) is 6.42 Å². The molecule has 1 aliphatic heterocycles. The summed E-state index contributed by atoms with van der Waals surface area (Å²) in [4.78, 5) is 2.42. The van der Waals surface area contributed by atoms with Gasteiger partial charge in [-0.3, -0.25) is 0 Å². The summed E-state index contributed by atoms with van der Waals surface area (Å²) in [7, 11) is 0. The normalized spacial score (nSPS) is 12.8. The Kier molecular flexibility index (Phi) is 6.41. The molecule has 11 rings (SSSR count). The summed E-state index contributed by atoms with van der Waals surface area (Å²) in [6.07, 6.45) is 1.04. The van der Waals surface area contributed by atoms with Crippen LogP contribution in [-0.2, 0) is 6.42 Å². The molecular formula is C50H33NO. The number of fused-ring (bicyclic) bond motifs is 7. The van der Waals surface area contributed by atoms with Crippen molar-refractivity contribution in [1.82, 2.24) is 0 Å². The van der Waals surface area contributed by atoms with Gasteiger partial charge in [-0.2, -0.15) is 0 Å². The Balaban J connectivity index is 1.19. The second kappa shape index (κ2) is 11.4. The largest absolute Gasteiger partial charge is 0.454 e. The van der Waals surface area contributed by atoms with Gasteiger partial charge in [0.25, 0.3) is 0 Å². The van der Waals surface area contributed by atoms with E-state index in [1.165, 1.54) is 76.9 Å². The molecule has 0 bridgehead atoms. The molecule has 0 aliphatic carbocycles. The van der Waals surface area contributed by atoms with Crippen molar-refractivity contribution in [1.29, 1.82) is 0 Å². The zero-order valence-electron chi connectivity index (χ0n) is 28.5. The van der Waals surface area contributed by atoms with Gasteiger partial charge in [-0.05, 0) is 108 Å². The van der Waals surface area contributed by atoms with Crippen molar-refractivity contribution in [2.75, 3.05) is 11.4 Å². The van der Waals surface area contributed by atoms with E-state index in [0.29, 0.717) is 0 Å². The monoisotopic (exact) mass is 663 g/mol. The SMILES string of the molecule is c1ccc(-c2c3ccccc3c(-c3cc(-c4cccc5oc6c(N7CCc8ccccc87)cccc6c45)cc4ccccc34)c3ccccc23)cc1. The molecule has 0 radical (unpaired) electrons. The maximum absolute atomic E-state index is 6.80. The number of rotatable bonds is 4. The first-order valence-electron chi connectivity index (χ1n) is 18.1. The molecule has 2 nitrogen and oxygen atoms in total. The van der Waals surface area contributed by atoms with Crippen LogP contribution in [0.15, 0.2) is 180 Å². The lowest BCUT2D eigenvalue weighted by atomic mass is 9.83. The predicted octanol–water partition coefficient (Wildman–Crippen LogP) is 13.7. The topological polar surface area (TPSA) is 16.4 Å². The minimum atomic E-state index is 0.908. The van der Waals surface area contributed by atoms with Crippen LogP contribution in [0.2, 0.25) is 0 Å². The summed E-state index contributed by atoms with van der Waals surface area (Å²) in [6, 6.07) is 64.2. The van der Waals surface area contributed by atoms with Crippen molar-refractivity contribution < 1.29 is 4.42 Å². The van der Waals surface area contributed by atoms with Gasteiger partial charge in [0.1, 0.15) is 5.58 Å². The lowest BCUT2D eigenvalue weighted by Crippen LogP contribution is -2.13. The molecule has 0 N–H and O–H groups in total. The fourth-order valence-electron chi connectivity index (χ4n) is 8.88. The Labute approximate surface area is 301 Å². The van der Waals surface area contributed by atoms with E-state index in [-0.39, 0.29) is 0 Å². The number of hydrogen-bond donors (Lipinski definition) is 0. The molecular weight excluding hydrogens is 631 g/mol. The first-order valence-corrected chi connectivity index (χ1v) is 18.1. The molecule has 0 saturated carbocycles. The lowest BCUT2D eigenvalue weighted by molar-refractivity contribution is 0.668. The smallest absolute Gasteiger partial charge is 0.159 e. The maximum Gasteiger partial charge on any atom is 0.159 e. The van der Waals surface area contributed by atoms with E-state index in [2.05, 4.69) is 181 Å². The molecule has 0 saturated heterocycles. The summed E-state index contributed by atoms with van der Waals surface area (Å²) in [6.45, 7) is 0.946. The predicted molar refractivity (Wildman–Crippen MR) is 220 cm³/mol. The van der Waals surface area contributed by atoms with Gasteiger partial charge in [0, 0.05) is 23.0 Å². The van der Waals surface area contributed by atoms with Crippen LogP contribution in [-0.4, -0.2) is 6.54 Å². The fraction of sp³-hybridized carbons (Fsp3) is 0.0400. The van der Waals surface area contributed by atoms with Crippen LogP contribution < -0.4 is 4.90 Å². The minimum Gasteiger partial charge on any atom is -0.454 e. The third kappa shape index (κ3) is 4.31. The Morgan fingerprint density at radius 1 is 0.423 bits per heavy atom. The zero-order chi connectivity index (χ0) is 34.2. The summed E-state index contributed by atoms with van der Waals surface area (Å²) >= 11 is 0. The molecule has 0 fully saturated rings. The Morgan fingerprint density at radius 2 is 1.04 bits per heavy atom. The third-order valence-corrected chi connectivity index (χ3v) is 11.1. The van der Waals surface area contributed by atoms with Crippen molar-refractivity contribution in [3.63, 3.8) is 0 Å². The van der Waals surface area contributed by atoms with Crippen LogP contribution in [0.1, 0.15) is 5.56 Å². The van der Waals surface area contributed by atoms with Gasteiger partial charge in [0.2, 0.25) is 0 Å². The van der Waals surface area contributed by atoms with Gasteiger partial charge in [-0.25, -0.2) is 0 Å². The molecule has 52 heavy (non-hydrogen) atoms. The molecule has 2 heteroatoms. The standard InChI is InChI=1S/C50H33NO/c1-2-15-33(16-3-1)47-38-19-7-9-21-40(38)48(41-22-10-8-20-39(41)47)43-31-35(30-34-17-4-6-18-36(34)43)37-23-13-27-46-49(37)42-24-12-26-45(50(42)52-46)51-29-28-32-14-5-11-25-44(32)51/h1-27,30-31H,28-29H2. The quantitative estimate of drug-likeness (QED) is 0.174. The van der Waals surface area contributed by atoms with Gasteiger partial charge in [-0.1, -0.05) is 146 Å². The Morgan fingerprint density at radius 3 is 1.83 bits per heavy atom. The first kappa shape index (κ1) is 29.1. The number of anilines is 2. The van der Waals surface area contributed by atoms with Gasteiger partial charge < -0.3 is 9.32 Å². The molecule has 244 valence electrons. The molecule has 2 heterocycles. The molecule has 10 aromatic rings. The average molecular weight is 664 g/mol. The average Bonchev–Trinajstić information content (AvgIpc) is 3.82. The summed E-state index contributed by atoms with van der Waals surface area (Å²) < 4.78 is 6.80. The highest BCUT2D eigenvalue weighted by atomic mass is 16.3. The van der Waals surface area contributed by atoms with Crippen molar-refractivity contribution in [3.8, 4) is 33.4 Å². The molecule has 1 aromatic heterocycles. The van der Waals surface area contributed by atoms with Crippen LogP contribution in [0.5, 0.6) is 0 Å². The lowest BCUT2D eigenvalue weighted by Gasteiger charge is -2.20. The number of furan rings is 1. The summed E-state index contributed by atoms with van der Waals surface area (Å²) in [5.41, 5.74) is 13.0. The molecule has 0 unspecified atom stereocenters. The number of hydrogen-bond acceptors (Lipinski definition) is 2. The Bertz CT molecular complexity index is 2970. The van der Waals surface area contributed by atoms with Crippen LogP contribution in [0.4, 0.5) is 11.4 Å². The molecule has 0 amide bonds. The van der Waals surface area contributed by atoms with E-state index in [0.717, 1.165) is 40.6 Å². The summed E-state index contributed by atoms with van der Waals surface area (Å²) in [5.74, 6) is 0. The van der Waals surface area contributed by atoms with Gasteiger partial charge in [0.15, 0.2) is 5.58 Å². The van der Waals surface area contributed by atoms with E-state index >= 15 is 0 Å². The highest BCUT2D eigenvalue weighted by Crippen LogP contribution is 2.48. The van der Waals surface area contributed by atoms with Crippen LogP contribution in [0, 0.1) is 0 Å². The van der Waals surface area contributed by atoms with Crippen molar-refractivity contribution in [3.05, 3.63) is 181 Å². The van der Waals surface area contributed by atoms with E-state index < -0.39 is 0 Å². The van der Waals surface area contributed by atoms with Crippen LogP contribution in [0.3, 0.4) is 0 Å². The first-order chi connectivity index (χ1) is 25.8. The Hall–Kier alpha value is -6.64. The van der Waals surface area contributed by atoms with E-state index in [1.807, 2.05) is 0 Å². The minimum absolute atomic E-state index is 0.908. The summed E-state index contributed by atoms with van der Waals surface area (Å²) in [5, 5.41) is 9.79. The van der Waals surface area contributed by atoms with Gasteiger partial charge in [0.05, 0.1) is 5.69 Å². The number of benzene rings is 9. The second-order valence-electron chi connectivity index (χ2n) is 13.9. The van der Waals surface area contributed by atoms with Crippen LogP contribution >= 0.6 is 0 Å². The van der Waals surface area contributed by atoms with E-state index in [1.54, 1.807) is 0 Å². The molecule has 0 atom stereocenters. The maximum atomic E-state index is 6.80. The fourth-order valence-corrected chi connectivity index (χ4v) is 8.88. The highest BCUT2D eigenvalue weighted by molar-refractivity contribution is 6.24. The second-order valence-corrected chi connectivity index (χ2v) is 13.9. The highest BCUT2D eigenvalue weighted by Gasteiger charge is 2.25. The van der Waals surface area contributed by atoms with E-state index in [4.69, 9.17) is 4.42 Å². The third-order valence-electron chi connectivity index (χ3n) is 11.1.